The third-order valence-corrected chi connectivity index (χ3v) is 7.23. The Labute approximate surface area is 230 Å². The lowest BCUT2D eigenvalue weighted by molar-refractivity contribution is -0.116. The summed E-state index contributed by atoms with van der Waals surface area (Å²) in [6.45, 7) is 0.235. The molecule has 1 aliphatic rings. The number of hydrogen-bond acceptors (Lipinski definition) is 5. The van der Waals surface area contributed by atoms with Gasteiger partial charge in [-0.3, -0.25) is 14.9 Å². The van der Waals surface area contributed by atoms with Gasteiger partial charge < -0.3 is 14.8 Å². The second-order valence-corrected chi connectivity index (χ2v) is 10.7. The Balaban J connectivity index is 1.29. The van der Waals surface area contributed by atoms with Crippen molar-refractivity contribution in [3.8, 4) is 11.1 Å². The number of anilines is 1. The van der Waals surface area contributed by atoms with Crippen LogP contribution in [0.4, 0.5) is 10.3 Å². The van der Waals surface area contributed by atoms with Crippen molar-refractivity contribution in [2.24, 2.45) is 13.0 Å². The second-order valence-electron chi connectivity index (χ2n) is 10.7. The van der Waals surface area contributed by atoms with Crippen LogP contribution < -0.4 is 10.6 Å². The normalized spacial score (nSPS) is 14.1. The first-order valence-electron chi connectivity index (χ1n) is 13.2. The van der Waals surface area contributed by atoms with E-state index in [1.165, 1.54) is 12.1 Å². The van der Waals surface area contributed by atoms with Crippen molar-refractivity contribution in [1.82, 2.24) is 29.4 Å². The monoisotopic (exact) mass is 539 g/mol. The maximum Gasteiger partial charge on any atom is 0.253 e. The number of rotatable bonds is 8. The van der Waals surface area contributed by atoms with Gasteiger partial charge in [-0.2, -0.15) is 4.98 Å². The van der Waals surface area contributed by atoms with Crippen LogP contribution in [-0.4, -0.2) is 56.5 Å². The smallest absolute Gasteiger partial charge is 0.253 e. The van der Waals surface area contributed by atoms with Gasteiger partial charge in [0.1, 0.15) is 5.82 Å². The highest BCUT2D eigenvalue weighted by Crippen LogP contribution is 2.41. The largest absolute Gasteiger partial charge is 0.350 e. The highest BCUT2D eigenvalue weighted by atomic mass is 19.1. The number of amides is 2. The number of nitrogens with zero attached hydrogens (tertiary/aromatic N) is 5. The summed E-state index contributed by atoms with van der Waals surface area (Å²) >= 11 is 0. The number of aryl methyl sites for hydroxylation is 1. The van der Waals surface area contributed by atoms with E-state index in [0.717, 1.165) is 40.4 Å². The molecule has 0 saturated heterocycles. The molecule has 0 spiro atoms. The minimum atomic E-state index is -0.291. The number of benzene rings is 2. The molecule has 3 aromatic heterocycles. The molecule has 0 radical (unpaired) electrons. The number of halogens is 1. The third kappa shape index (κ3) is 5.17. The Morgan fingerprint density at radius 3 is 2.55 bits per heavy atom. The van der Waals surface area contributed by atoms with Crippen LogP contribution in [0, 0.1) is 11.7 Å². The van der Waals surface area contributed by atoms with Gasteiger partial charge >= 0.3 is 0 Å². The molecular weight excluding hydrogens is 509 g/mol. The lowest BCUT2D eigenvalue weighted by Gasteiger charge is -2.19. The molecule has 2 N–H and O–H groups in total. The summed E-state index contributed by atoms with van der Waals surface area (Å²) in [5, 5.41) is 11.1. The summed E-state index contributed by atoms with van der Waals surface area (Å²) in [4.78, 5) is 31.9. The molecule has 40 heavy (non-hydrogen) atoms. The molecule has 1 saturated carbocycles. The van der Waals surface area contributed by atoms with Crippen molar-refractivity contribution >= 4 is 34.3 Å². The van der Waals surface area contributed by atoms with Crippen LogP contribution in [0.2, 0.25) is 0 Å². The number of carbonyl (C=O) groups excluding carboxylic acids is 2. The van der Waals surface area contributed by atoms with E-state index in [1.807, 2.05) is 62.2 Å². The number of nitrogens with one attached hydrogen (secondary N) is 2. The SMILES string of the molecule is CN(C)CC(=O)Nc1nc2cc(-c3ccc4c(c3)c(C(=O)N[C@H](c3ccc(F)cc3)C3CC3)cn4C)ccn2n1. The molecule has 1 fully saturated rings. The zero-order valence-electron chi connectivity index (χ0n) is 22.6. The average Bonchev–Trinajstić information content (AvgIpc) is 3.60. The van der Waals surface area contributed by atoms with Crippen LogP contribution in [0.5, 0.6) is 0 Å². The Bertz CT molecular complexity index is 1730. The lowest BCUT2D eigenvalue weighted by atomic mass is 10.0. The molecule has 5 aromatic rings. The number of likely N-dealkylation sites (N-methyl/N-ethyl adjacent to an activating group) is 1. The van der Waals surface area contributed by atoms with Crippen LogP contribution in [-0.2, 0) is 11.8 Å². The Morgan fingerprint density at radius 2 is 1.82 bits per heavy atom. The maximum absolute atomic E-state index is 13.6. The van der Waals surface area contributed by atoms with Gasteiger partial charge in [0.2, 0.25) is 11.9 Å². The van der Waals surface area contributed by atoms with E-state index >= 15 is 0 Å². The molecule has 3 heterocycles. The summed E-state index contributed by atoms with van der Waals surface area (Å²) in [6.07, 6.45) is 5.72. The molecule has 10 heteroatoms. The van der Waals surface area contributed by atoms with Gasteiger partial charge in [-0.05, 0) is 85.9 Å². The Hall–Kier alpha value is -4.57. The first kappa shape index (κ1) is 25.7. The molecule has 2 aromatic carbocycles. The van der Waals surface area contributed by atoms with Crippen molar-refractivity contribution in [2.75, 3.05) is 26.0 Å². The molecule has 0 bridgehead atoms. The molecule has 0 aliphatic heterocycles. The quantitative estimate of drug-likeness (QED) is 0.305. The van der Waals surface area contributed by atoms with E-state index < -0.39 is 0 Å². The van der Waals surface area contributed by atoms with Gasteiger partial charge in [0.05, 0.1) is 18.2 Å². The fourth-order valence-corrected chi connectivity index (χ4v) is 5.11. The highest BCUT2D eigenvalue weighted by molar-refractivity contribution is 6.08. The van der Waals surface area contributed by atoms with Gasteiger partial charge in [-0.1, -0.05) is 18.2 Å². The molecule has 204 valence electrons. The van der Waals surface area contributed by atoms with E-state index in [-0.39, 0.29) is 36.2 Å². The van der Waals surface area contributed by atoms with E-state index in [4.69, 9.17) is 0 Å². The minimum Gasteiger partial charge on any atom is -0.350 e. The van der Waals surface area contributed by atoms with Crippen LogP contribution in [0.1, 0.15) is 34.8 Å². The van der Waals surface area contributed by atoms with Gasteiger partial charge in [-0.15, -0.1) is 5.10 Å². The van der Waals surface area contributed by atoms with Crippen molar-refractivity contribution in [1.29, 1.82) is 0 Å². The molecule has 1 atom stereocenters. The van der Waals surface area contributed by atoms with Crippen LogP contribution in [0.3, 0.4) is 0 Å². The van der Waals surface area contributed by atoms with Gasteiger partial charge in [0.15, 0.2) is 5.65 Å². The summed E-state index contributed by atoms with van der Waals surface area (Å²) in [6, 6.07) is 16.1. The zero-order valence-corrected chi connectivity index (χ0v) is 22.6. The standard InChI is InChI=1S/C30H30FN7O2/c1-36(2)17-27(39)33-30-32-26-15-21(12-13-38(26)35-30)20-8-11-25-23(14-20)24(16-37(25)3)29(40)34-28(18-4-5-18)19-6-9-22(31)10-7-19/h6-16,18,28H,4-5,17H2,1-3H3,(H,34,40)(H,33,35,39)/t28-/m0/s1. The number of pyridine rings is 1. The number of carbonyl (C=O) groups is 2. The zero-order chi connectivity index (χ0) is 28.0. The fourth-order valence-electron chi connectivity index (χ4n) is 5.11. The van der Waals surface area contributed by atoms with E-state index in [9.17, 15) is 14.0 Å². The first-order chi connectivity index (χ1) is 19.2. The van der Waals surface area contributed by atoms with Crippen molar-refractivity contribution in [2.45, 2.75) is 18.9 Å². The lowest BCUT2D eigenvalue weighted by Crippen LogP contribution is -2.29. The summed E-state index contributed by atoms with van der Waals surface area (Å²) in [5.41, 5.74) is 4.86. The third-order valence-electron chi connectivity index (χ3n) is 7.23. The highest BCUT2D eigenvalue weighted by Gasteiger charge is 2.34. The summed E-state index contributed by atoms with van der Waals surface area (Å²) in [5.74, 6) is -0.0409. The van der Waals surface area contributed by atoms with Crippen molar-refractivity contribution in [3.05, 3.63) is 83.9 Å². The van der Waals surface area contributed by atoms with Crippen molar-refractivity contribution in [3.63, 3.8) is 0 Å². The predicted molar refractivity (Wildman–Crippen MR) is 151 cm³/mol. The van der Waals surface area contributed by atoms with Crippen LogP contribution >= 0.6 is 0 Å². The van der Waals surface area contributed by atoms with Crippen LogP contribution in [0.25, 0.3) is 27.7 Å². The average molecular weight is 540 g/mol. The Kier molecular flexibility index (Phi) is 6.55. The van der Waals surface area contributed by atoms with E-state index in [2.05, 4.69) is 20.7 Å². The van der Waals surface area contributed by atoms with Crippen LogP contribution in [0.15, 0.2) is 67.0 Å². The Morgan fingerprint density at radius 1 is 1.07 bits per heavy atom. The maximum atomic E-state index is 13.6. The molecule has 2 amide bonds. The molecule has 9 nitrogen and oxygen atoms in total. The summed E-state index contributed by atoms with van der Waals surface area (Å²) < 4.78 is 17.1. The fraction of sp³-hybridized carbons (Fsp3) is 0.267. The number of fused-ring (bicyclic) bond motifs is 2. The molecule has 6 rings (SSSR count). The second kappa shape index (κ2) is 10.2. The molecule has 1 aliphatic carbocycles. The number of hydrogen-bond donors (Lipinski definition) is 2. The van der Waals surface area contributed by atoms with E-state index in [0.29, 0.717) is 17.1 Å². The molecular formula is C30H30FN7O2. The summed E-state index contributed by atoms with van der Waals surface area (Å²) in [7, 11) is 5.56. The van der Waals surface area contributed by atoms with Gasteiger partial charge in [0, 0.05) is 30.3 Å². The van der Waals surface area contributed by atoms with E-state index in [1.54, 1.807) is 27.7 Å². The van der Waals surface area contributed by atoms with Crippen molar-refractivity contribution < 1.29 is 14.0 Å². The molecule has 0 unspecified atom stereocenters. The first-order valence-corrected chi connectivity index (χ1v) is 13.2. The number of aromatic nitrogens is 4. The topological polar surface area (TPSA) is 96.6 Å². The van der Waals surface area contributed by atoms with Gasteiger partial charge in [0.25, 0.3) is 5.91 Å². The minimum absolute atomic E-state index is 0.157. The predicted octanol–water partition coefficient (Wildman–Crippen LogP) is 4.41. The van der Waals surface area contributed by atoms with Gasteiger partial charge in [-0.25, -0.2) is 8.91 Å².